The van der Waals surface area contributed by atoms with Crippen LogP contribution in [0.3, 0.4) is 0 Å². The fraction of sp³-hybridized carbons (Fsp3) is 0. The normalized spacial score (nSPS) is 10.7. The molecule has 2 aromatic rings. The van der Waals surface area contributed by atoms with Crippen LogP contribution in [0, 0.1) is 0 Å². The molecule has 0 fully saturated rings. The number of rotatable bonds is 1. The van der Waals surface area contributed by atoms with Gasteiger partial charge in [-0.15, -0.1) is 11.3 Å². The average Bonchev–Trinajstić information content (AvgIpc) is 2.47. The smallest absolute Gasteiger partial charge is 0.345 e. The molecule has 2 rings (SSSR count). The van der Waals surface area contributed by atoms with E-state index in [1.54, 1.807) is 12.1 Å². The number of hydrogen-bond donors (Lipinski definition) is 1. The highest BCUT2D eigenvalue weighted by Gasteiger charge is 2.10. The average molecular weight is 292 g/mol. The van der Waals surface area contributed by atoms with Crippen molar-refractivity contribution in [3.05, 3.63) is 32.6 Å². The second-order valence-electron chi connectivity index (χ2n) is 2.72. The summed E-state index contributed by atoms with van der Waals surface area (Å²) in [7, 11) is 0. The van der Waals surface area contributed by atoms with E-state index in [9.17, 15) is 4.79 Å². The van der Waals surface area contributed by atoms with Crippen molar-refractivity contribution in [3.8, 4) is 0 Å². The number of hydrogen-bond acceptors (Lipinski definition) is 2. The van der Waals surface area contributed by atoms with Gasteiger partial charge in [-0.3, -0.25) is 0 Å². The summed E-state index contributed by atoms with van der Waals surface area (Å²) in [6.07, 6.45) is 0. The van der Waals surface area contributed by atoms with E-state index in [-0.39, 0.29) is 0 Å². The number of carboxylic acid groups (broad SMARTS) is 1. The molecule has 0 saturated heterocycles. The lowest BCUT2D eigenvalue weighted by atomic mass is 10.2. The lowest BCUT2D eigenvalue weighted by Gasteiger charge is -1.93. The summed E-state index contributed by atoms with van der Waals surface area (Å²) in [6.45, 7) is 0. The van der Waals surface area contributed by atoms with Crippen LogP contribution in [-0.4, -0.2) is 11.1 Å². The number of halogens is 2. The van der Waals surface area contributed by atoms with Gasteiger partial charge >= 0.3 is 5.97 Å². The molecule has 0 aliphatic carbocycles. The van der Waals surface area contributed by atoms with Gasteiger partial charge < -0.3 is 5.11 Å². The Morgan fingerprint density at radius 2 is 2.14 bits per heavy atom. The van der Waals surface area contributed by atoms with Gasteiger partial charge in [0.2, 0.25) is 0 Å². The number of carbonyl (C=O) groups is 1. The summed E-state index contributed by atoms with van der Waals surface area (Å²) in [4.78, 5) is 11.0. The highest BCUT2D eigenvalue weighted by molar-refractivity contribution is 9.10. The van der Waals surface area contributed by atoms with Crippen LogP contribution in [0.25, 0.3) is 10.1 Å². The van der Waals surface area contributed by atoms with Crippen molar-refractivity contribution in [2.75, 3.05) is 0 Å². The Balaban J connectivity index is 2.76. The molecule has 0 saturated carbocycles. The first-order valence-corrected chi connectivity index (χ1v) is 5.68. The molecule has 0 radical (unpaired) electrons. The molecule has 72 valence electrons. The molecular formula is C9H4BrClO2S. The van der Waals surface area contributed by atoms with Crippen molar-refractivity contribution >= 4 is 54.9 Å². The van der Waals surface area contributed by atoms with Crippen molar-refractivity contribution < 1.29 is 9.90 Å². The monoisotopic (exact) mass is 290 g/mol. The predicted octanol–water partition coefficient (Wildman–Crippen LogP) is 4.02. The SMILES string of the molecule is O=C(O)c1cc2cc(Br)cc(Cl)c2s1. The second kappa shape index (κ2) is 3.53. The summed E-state index contributed by atoms with van der Waals surface area (Å²) in [5.41, 5.74) is 0. The van der Waals surface area contributed by atoms with E-state index < -0.39 is 5.97 Å². The Bertz CT molecular complexity index is 521. The molecule has 0 unspecified atom stereocenters. The molecule has 0 atom stereocenters. The van der Waals surface area contributed by atoms with E-state index in [0.717, 1.165) is 14.6 Å². The van der Waals surface area contributed by atoms with Gasteiger partial charge in [-0.2, -0.15) is 0 Å². The number of aromatic carboxylic acids is 1. The lowest BCUT2D eigenvalue weighted by Crippen LogP contribution is -1.89. The maximum absolute atomic E-state index is 10.7. The van der Waals surface area contributed by atoms with E-state index in [4.69, 9.17) is 16.7 Å². The summed E-state index contributed by atoms with van der Waals surface area (Å²) < 4.78 is 1.66. The topological polar surface area (TPSA) is 37.3 Å². The third-order valence-electron chi connectivity index (χ3n) is 1.75. The van der Waals surface area contributed by atoms with E-state index >= 15 is 0 Å². The van der Waals surface area contributed by atoms with E-state index in [1.165, 1.54) is 11.3 Å². The van der Waals surface area contributed by atoms with E-state index in [2.05, 4.69) is 15.9 Å². The highest BCUT2D eigenvalue weighted by atomic mass is 79.9. The van der Waals surface area contributed by atoms with Crippen molar-refractivity contribution in [3.63, 3.8) is 0 Å². The molecule has 1 N–H and O–H groups in total. The standard InChI is InChI=1S/C9H4BrClO2S/c10-5-1-4-2-7(9(12)13)14-8(4)6(11)3-5/h1-3H,(H,12,13). The Labute approximate surface area is 97.2 Å². The molecule has 0 bridgehead atoms. The maximum atomic E-state index is 10.7. The molecule has 5 heteroatoms. The van der Waals surface area contributed by atoms with E-state index in [1.807, 2.05) is 6.07 Å². The quantitative estimate of drug-likeness (QED) is 0.862. The summed E-state index contributed by atoms with van der Waals surface area (Å²) in [5, 5.41) is 10.2. The molecule has 14 heavy (non-hydrogen) atoms. The molecule has 1 heterocycles. The van der Waals surface area contributed by atoms with Crippen LogP contribution in [0.5, 0.6) is 0 Å². The van der Waals surface area contributed by atoms with Gasteiger partial charge in [0.05, 0.1) is 9.72 Å². The van der Waals surface area contributed by atoms with Crippen LogP contribution >= 0.6 is 38.9 Å². The Hall–Kier alpha value is -0.580. The van der Waals surface area contributed by atoms with Gasteiger partial charge in [0.1, 0.15) is 4.88 Å². The molecular weight excluding hydrogens is 288 g/mol. The van der Waals surface area contributed by atoms with Crippen molar-refractivity contribution in [1.29, 1.82) is 0 Å². The third-order valence-corrected chi connectivity index (χ3v) is 3.79. The Morgan fingerprint density at radius 3 is 2.79 bits per heavy atom. The van der Waals surface area contributed by atoms with Crippen LogP contribution in [0.15, 0.2) is 22.7 Å². The molecule has 0 aliphatic heterocycles. The van der Waals surface area contributed by atoms with Gasteiger partial charge in [0.25, 0.3) is 0 Å². The summed E-state index contributed by atoms with van der Waals surface area (Å²) in [6, 6.07) is 5.23. The van der Waals surface area contributed by atoms with Crippen molar-refractivity contribution in [2.45, 2.75) is 0 Å². The number of carboxylic acids is 1. The first-order valence-electron chi connectivity index (χ1n) is 3.70. The first-order chi connectivity index (χ1) is 6.58. The minimum atomic E-state index is -0.918. The van der Waals surface area contributed by atoms with Crippen LogP contribution in [0.2, 0.25) is 5.02 Å². The van der Waals surface area contributed by atoms with Crippen LogP contribution in [-0.2, 0) is 0 Å². The fourth-order valence-electron chi connectivity index (χ4n) is 1.18. The van der Waals surface area contributed by atoms with Crippen LogP contribution < -0.4 is 0 Å². The Kier molecular flexibility index (Phi) is 2.51. The van der Waals surface area contributed by atoms with Crippen molar-refractivity contribution in [2.24, 2.45) is 0 Å². The maximum Gasteiger partial charge on any atom is 0.345 e. The van der Waals surface area contributed by atoms with Crippen LogP contribution in [0.4, 0.5) is 0 Å². The van der Waals surface area contributed by atoms with Gasteiger partial charge in [-0.05, 0) is 23.6 Å². The van der Waals surface area contributed by atoms with E-state index in [0.29, 0.717) is 9.90 Å². The predicted molar refractivity (Wildman–Crippen MR) is 61.5 cm³/mol. The molecule has 1 aromatic carbocycles. The Morgan fingerprint density at radius 1 is 1.43 bits per heavy atom. The zero-order chi connectivity index (χ0) is 10.3. The van der Waals surface area contributed by atoms with Gasteiger partial charge in [0, 0.05) is 4.47 Å². The van der Waals surface area contributed by atoms with Crippen LogP contribution in [0.1, 0.15) is 9.67 Å². The largest absolute Gasteiger partial charge is 0.477 e. The third kappa shape index (κ3) is 1.65. The zero-order valence-corrected chi connectivity index (χ0v) is 9.91. The zero-order valence-electron chi connectivity index (χ0n) is 6.75. The molecule has 2 nitrogen and oxygen atoms in total. The second-order valence-corrected chi connectivity index (χ2v) is 5.10. The first kappa shape index (κ1) is 9.96. The van der Waals surface area contributed by atoms with Gasteiger partial charge in [0.15, 0.2) is 0 Å². The summed E-state index contributed by atoms with van der Waals surface area (Å²) >= 11 is 10.5. The molecule has 0 amide bonds. The number of fused-ring (bicyclic) bond motifs is 1. The molecule has 0 spiro atoms. The minimum absolute atomic E-state index is 0.306. The van der Waals surface area contributed by atoms with Gasteiger partial charge in [-0.25, -0.2) is 4.79 Å². The summed E-state index contributed by atoms with van der Waals surface area (Å²) in [5.74, 6) is -0.918. The highest BCUT2D eigenvalue weighted by Crippen LogP contribution is 2.34. The minimum Gasteiger partial charge on any atom is -0.477 e. The molecule has 0 aliphatic rings. The number of thiophene rings is 1. The lowest BCUT2D eigenvalue weighted by molar-refractivity contribution is 0.0702. The fourth-order valence-corrected chi connectivity index (χ4v) is 3.02. The van der Waals surface area contributed by atoms with Gasteiger partial charge in [-0.1, -0.05) is 27.5 Å². The molecule has 1 aromatic heterocycles. The van der Waals surface area contributed by atoms with Crippen molar-refractivity contribution in [1.82, 2.24) is 0 Å². The number of benzene rings is 1.